The summed E-state index contributed by atoms with van der Waals surface area (Å²) in [5.41, 5.74) is 4.60. The van der Waals surface area contributed by atoms with E-state index in [1.54, 1.807) is 12.4 Å². The van der Waals surface area contributed by atoms with E-state index >= 15 is 0 Å². The molecule has 0 spiro atoms. The standard InChI is InChI=1S/C20H17N3.2ClH.V/c1-16-12-19(14-21-17-8-4-2-5-9-17)23-20(13-16)15-22-18-10-6-3-7-11-18;;;/h2-15H,1H3;2*1H;/q;;;+2/p-2. The van der Waals surface area contributed by atoms with Gasteiger partial charge in [0.1, 0.15) is 0 Å². The summed E-state index contributed by atoms with van der Waals surface area (Å²) in [4.78, 5) is 13.5. The van der Waals surface area contributed by atoms with Crippen LogP contribution in [-0.4, -0.2) is 17.4 Å². The van der Waals surface area contributed by atoms with Crippen molar-refractivity contribution in [2.75, 3.05) is 0 Å². The average Bonchev–Trinajstić information content (AvgIpc) is 2.60. The van der Waals surface area contributed by atoms with E-state index in [1.165, 1.54) is 0 Å². The minimum absolute atomic E-state index is 0. The third-order valence-electron chi connectivity index (χ3n) is 3.21. The van der Waals surface area contributed by atoms with Crippen LogP contribution < -0.4 is 24.8 Å². The fourth-order valence-corrected chi connectivity index (χ4v) is 2.16. The monoisotopic (exact) mass is 420 g/mol. The maximum atomic E-state index is 4.57. The summed E-state index contributed by atoms with van der Waals surface area (Å²) in [7, 11) is 0. The number of aromatic nitrogens is 1. The van der Waals surface area contributed by atoms with Crippen LogP contribution in [0.4, 0.5) is 11.4 Å². The van der Waals surface area contributed by atoms with E-state index in [0.29, 0.717) is 0 Å². The molecule has 26 heavy (non-hydrogen) atoms. The second-order valence-corrected chi connectivity index (χ2v) is 5.18. The van der Waals surface area contributed by atoms with E-state index in [-0.39, 0.29) is 43.4 Å². The Kier molecular flexibility index (Phi) is 11.5. The number of hydrogen-bond acceptors (Lipinski definition) is 3. The molecule has 0 unspecified atom stereocenters. The second-order valence-electron chi connectivity index (χ2n) is 5.18. The largest absolute Gasteiger partial charge is 2.00 e. The van der Waals surface area contributed by atoms with Crippen molar-refractivity contribution in [1.82, 2.24) is 4.98 Å². The molecule has 1 radical (unpaired) electrons. The number of nitrogens with zero attached hydrogens (tertiary/aromatic N) is 3. The predicted octanol–water partition coefficient (Wildman–Crippen LogP) is -1.10. The van der Waals surface area contributed by atoms with Gasteiger partial charge in [-0.15, -0.1) is 0 Å². The number of halogens is 2. The number of hydrogen-bond donors (Lipinski definition) is 0. The van der Waals surface area contributed by atoms with Crippen molar-refractivity contribution >= 4 is 23.8 Å². The Hall–Kier alpha value is -1.91. The van der Waals surface area contributed by atoms with Gasteiger partial charge >= 0.3 is 18.6 Å². The van der Waals surface area contributed by atoms with Crippen LogP contribution in [0.25, 0.3) is 0 Å². The summed E-state index contributed by atoms with van der Waals surface area (Å²) in [6.45, 7) is 2.04. The molecule has 3 aromatic rings. The smallest absolute Gasteiger partial charge is 1.00 e. The Morgan fingerprint density at radius 3 is 1.46 bits per heavy atom. The summed E-state index contributed by atoms with van der Waals surface area (Å²) in [5, 5.41) is 0. The molecule has 131 valence electrons. The molecule has 0 atom stereocenters. The quantitative estimate of drug-likeness (QED) is 0.493. The van der Waals surface area contributed by atoms with Gasteiger partial charge in [-0.2, -0.15) is 0 Å². The van der Waals surface area contributed by atoms with Crippen LogP contribution in [0.2, 0.25) is 0 Å². The van der Waals surface area contributed by atoms with Gasteiger partial charge in [0.15, 0.2) is 0 Å². The van der Waals surface area contributed by atoms with Crippen LogP contribution in [0.15, 0.2) is 82.8 Å². The minimum Gasteiger partial charge on any atom is -1.00 e. The zero-order chi connectivity index (χ0) is 15.9. The molecule has 0 saturated heterocycles. The third-order valence-corrected chi connectivity index (χ3v) is 3.21. The van der Waals surface area contributed by atoms with E-state index in [1.807, 2.05) is 79.7 Å². The molecule has 0 bridgehead atoms. The summed E-state index contributed by atoms with van der Waals surface area (Å²) >= 11 is 0. The first-order valence-corrected chi connectivity index (χ1v) is 7.46. The van der Waals surface area contributed by atoms with Crippen LogP contribution in [0.1, 0.15) is 17.0 Å². The topological polar surface area (TPSA) is 37.6 Å². The molecule has 3 rings (SSSR count). The minimum atomic E-state index is 0. The zero-order valence-corrected chi connectivity index (χ0v) is 17.0. The fraction of sp³-hybridized carbons (Fsp3) is 0.0500. The number of benzene rings is 2. The average molecular weight is 421 g/mol. The van der Waals surface area contributed by atoms with E-state index in [9.17, 15) is 0 Å². The van der Waals surface area contributed by atoms with Crippen LogP contribution in [-0.2, 0) is 18.6 Å². The van der Waals surface area contributed by atoms with Crippen molar-refractivity contribution in [3.8, 4) is 0 Å². The molecule has 0 aliphatic rings. The van der Waals surface area contributed by atoms with E-state index < -0.39 is 0 Å². The predicted molar refractivity (Wildman–Crippen MR) is 96.4 cm³/mol. The Morgan fingerprint density at radius 2 is 1.08 bits per heavy atom. The third kappa shape index (κ3) is 7.55. The zero-order valence-electron chi connectivity index (χ0n) is 14.1. The van der Waals surface area contributed by atoms with Gasteiger partial charge in [-0.05, 0) is 48.9 Å². The SMILES string of the molecule is Cc1cc(C=Nc2ccccc2)nc(C=Nc2ccccc2)c1.[Cl-].[Cl-].[V+2]. The summed E-state index contributed by atoms with van der Waals surface area (Å²) in [5.74, 6) is 0. The molecule has 0 fully saturated rings. The summed E-state index contributed by atoms with van der Waals surface area (Å²) in [6, 6.07) is 23.7. The van der Waals surface area contributed by atoms with E-state index in [0.717, 1.165) is 28.3 Å². The summed E-state index contributed by atoms with van der Waals surface area (Å²) in [6.07, 6.45) is 3.56. The van der Waals surface area contributed by atoms with E-state index in [2.05, 4.69) is 15.0 Å². The van der Waals surface area contributed by atoms with Crippen molar-refractivity contribution in [2.24, 2.45) is 9.98 Å². The Balaban J connectivity index is 0.00000208. The molecule has 0 amide bonds. The molecule has 0 aliphatic carbocycles. The van der Waals surface area contributed by atoms with Crippen molar-refractivity contribution in [3.63, 3.8) is 0 Å². The molecular formula is C20H17Cl2N3V. The molecule has 0 N–H and O–H groups in total. The first kappa shape index (κ1) is 24.1. The van der Waals surface area contributed by atoms with Crippen LogP contribution in [0, 0.1) is 6.92 Å². The van der Waals surface area contributed by atoms with Crippen LogP contribution in [0.3, 0.4) is 0 Å². The van der Waals surface area contributed by atoms with Gasteiger partial charge in [0, 0.05) is 0 Å². The van der Waals surface area contributed by atoms with Gasteiger partial charge in [-0.25, -0.2) is 4.98 Å². The Morgan fingerprint density at radius 1 is 0.692 bits per heavy atom. The normalized spacial score (nSPS) is 10.0. The number of rotatable bonds is 4. The number of aliphatic imine (C=N–C) groups is 2. The Bertz CT molecular complexity index is 770. The summed E-state index contributed by atoms with van der Waals surface area (Å²) < 4.78 is 0. The molecule has 3 nitrogen and oxygen atoms in total. The second kappa shape index (κ2) is 12.4. The van der Waals surface area contributed by atoms with Crippen molar-refractivity contribution < 1.29 is 43.4 Å². The first-order chi connectivity index (χ1) is 11.3. The van der Waals surface area contributed by atoms with Crippen molar-refractivity contribution in [3.05, 3.63) is 89.7 Å². The maximum Gasteiger partial charge on any atom is 2.00 e. The van der Waals surface area contributed by atoms with Gasteiger partial charge < -0.3 is 24.8 Å². The number of aryl methyl sites for hydroxylation is 1. The number of pyridine rings is 1. The number of para-hydroxylation sites is 2. The van der Waals surface area contributed by atoms with Gasteiger partial charge in [-0.1, -0.05) is 36.4 Å². The van der Waals surface area contributed by atoms with Gasteiger partial charge in [0.2, 0.25) is 0 Å². The van der Waals surface area contributed by atoms with Gasteiger partial charge in [0.25, 0.3) is 0 Å². The molecule has 0 saturated carbocycles. The van der Waals surface area contributed by atoms with Gasteiger partial charge in [0.05, 0.1) is 35.2 Å². The van der Waals surface area contributed by atoms with Crippen molar-refractivity contribution in [1.29, 1.82) is 0 Å². The molecule has 2 aromatic carbocycles. The first-order valence-electron chi connectivity index (χ1n) is 7.46. The van der Waals surface area contributed by atoms with Crippen LogP contribution >= 0.6 is 0 Å². The molecule has 0 aliphatic heterocycles. The Labute approximate surface area is 178 Å². The fourth-order valence-electron chi connectivity index (χ4n) is 2.16. The maximum absolute atomic E-state index is 4.57. The molecule has 1 heterocycles. The van der Waals surface area contributed by atoms with E-state index in [4.69, 9.17) is 0 Å². The van der Waals surface area contributed by atoms with Crippen molar-refractivity contribution in [2.45, 2.75) is 6.92 Å². The molecule has 1 aromatic heterocycles. The molecule has 6 heteroatoms. The molecular weight excluding hydrogens is 404 g/mol. The van der Waals surface area contributed by atoms with Gasteiger partial charge in [-0.3, -0.25) is 9.98 Å². The van der Waals surface area contributed by atoms with Crippen LogP contribution in [0.5, 0.6) is 0 Å².